The summed E-state index contributed by atoms with van der Waals surface area (Å²) >= 11 is 7.63. The van der Waals surface area contributed by atoms with E-state index in [1.54, 1.807) is 6.07 Å². The highest BCUT2D eigenvalue weighted by molar-refractivity contribution is 7.10. The van der Waals surface area contributed by atoms with Crippen LogP contribution in [-0.2, 0) is 6.42 Å². The molecular formula is C15H14ClNO2S. The summed E-state index contributed by atoms with van der Waals surface area (Å²) in [5, 5.41) is 15.8. The molecule has 1 aliphatic rings. The van der Waals surface area contributed by atoms with Crippen LogP contribution in [-0.4, -0.2) is 17.6 Å². The van der Waals surface area contributed by atoms with Gasteiger partial charge in [0.1, 0.15) is 6.10 Å². The Kier molecular flexibility index (Phi) is 3.54. The second kappa shape index (κ2) is 5.20. The number of aliphatic hydroxyl groups excluding tert-OH is 1. The Labute approximate surface area is 126 Å². The number of hydrogen-bond donors (Lipinski definition) is 2. The van der Waals surface area contributed by atoms with Gasteiger partial charge in [0.2, 0.25) is 0 Å². The van der Waals surface area contributed by atoms with Crippen molar-refractivity contribution in [3.05, 3.63) is 55.7 Å². The standard InChI is InChI=1S/C15H14ClNO2S/c1-8-7-20-14(12(8)16)13(18)10-3-2-9-4-5-17-15(19)11(9)6-10/h2-3,6-7,13,18H,4-5H2,1H3,(H,17,19). The lowest BCUT2D eigenvalue weighted by atomic mass is 9.95. The minimum Gasteiger partial charge on any atom is -0.383 e. The third-order valence-electron chi connectivity index (χ3n) is 3.55. The van der Waals surface area contributed by atoms with Crippen molar-refractivity contribution in [2.75, 3.05) is 6.54 Å². The van der Waals surface area contributed by atoms with Crippen LogP contribution in [0.2, 0.25) is 5.02 Å². The fourth-order valence-corrected chi connectivity index (χ4v) is 3.69. The van der Waals surface area contributed by atoms with Crippen LogP contribution >= 0.6 is 22.9 Å². The molecule has 104 valence electrons. The lowest BCUT2D eigenvalue weighted by molar-refractivity contribution is 0.0945. The number of halogens is 1. The molecule has 0 radical (unpaired) electrons. The highest BCUT2D eigenvalue weighted by Gasteiger charge is 2.21. The second-order valence-electron chi connectivity index (χ2n) is 4.92. The van der Waals surface area contributed by atoms with Gasteiger partial charge in [0.15, 0.2) is 0 Å². The molecule has 0 fully saturated rings. The predicted molar refractivity (Wildman–Crippen MR) is 80.6 cm³/mol. The number of nitrogens with one attached hydrogen (secondary N) is 1. The molecule has 1 unspecified atom stereocenters. The smallest absolute Gasteiger partial charge is 0.251 e. The zero-order valence-electron chi connectivity index (χ0n) is 10.9. The number of carbonyl (C=O) groups excluding carboxylic acids is 1. The van der Waals surface area contributed by atoms with Gasteiger partial charge in [0.05, 0.1) is 9.90 Å². The van der Waals surface area contributed by atoms with Crippen molar-refractivity contribution in [3.8, 4) is 0 Å². The Morgan fingerprint density at radius 2 is 2.25 bits per heavy atom. The molecule has 3 rings (SSSR count). The van der Waals surface area contributed by atoms with E-state index in [4.69, 9.17) is 11.6 Å². The molecule has 1 atom stereocenters. The molecule has 1 aromatic heterocycles. The van der Waals surface area contributed by atoms with Crippen LogP contribution < -0.4 is 5.32 Å². The fourth-order valence-electron chi connectivity index (χ4n) is 2.38. The van der Waals surface area contributed by atoms with Crippen LogP contribution in [0.3, 0.4) is 0 Å². The largest absolute Gasteiger partial charge is 0.383 e. The summed E-state index contributed by atoms with van der Waals surface area (Å²) in [6.45, 7) is 2.58. The Morgan fingerprint density at radius 1 is 1.45 bits per heavy atom. The van der Waals surface area contributed by atoms with E-state index >= 15 is 0 Å². The van der Waals surface area contributed by atoms with Crippen molar-refractivity contribution >= 4 is 28.8 Å². The molecule has 0 saturated heterocycles. The highest BCUT2D eigenvalue weighted by Crippen LogP contribution is 2.36. The summed E-state index contributed by atoms with van der Waals surface area (Å²) in [7, 11) is 0. The quantitative estimate of drug-likeness (QED) is 0.896. The molecular weight excluding hydrogens is 294 g/mol. The third kappa shape index (κ3) is 2.24. The normalized spacial score (nSPS) is 15.7. The first kappa shape index (κ1) is 13.6. The molecule has 5 heteroatoms. The maximum absolute atomic E-state index is 11.9. The van der Waals surface area contributed by atoms with E-state index in [0.717, 1.165) is 22.4 Å². The van der Waals surface area contributed by atoms with Crippen molar-refractivity contribution in [2.45, 2.75) is 19.4 Å². The van der Waals surface area contributed by atoms with Crippen molar-refractivity contribution in [1.29, 1.82) is 0 Å². The van der Waals surface area contributed by atoms with Crippen LogP contribution in [0, 0.1) is 6.92 Å². The molecule has 0 bridgehead atoms. The first-order chi connectivity index (χ1) is 9.58. The van der Waals surface area contributed by atoms with Gasteiger partial charge >= 0.3 is 0 Å². The van der Waals surface area contributed by atoms with Crippen molar-refractivity contribution in [1.82, 2.24) is 5.32 Å². The number of rotatable bonds is 2. The maximum atomic E-state index is 11.9. The molecule has 0 aliphatic carbocycles. The van der Waals surface area contributed by atoms with E-state index in [9.17, 15) is 9.90 Å². The molecule has 0 spiro atoms. The average molecular weight is 308 g/mol. The fraction of sp³-hybridized carbons (Fsp3) is 0.267. The van der Waals surface area contributed by atoms with Crippen molar-refractivity contribution in [3.63, 3.8) is 0 Å². The summed E-state index contributed by atoms with van der Waals surface area (Å²) < 4.78 is 0. The average Bonchev–Trinajstić information content (AvgIpc) is 2.78. The Balaban J connectivity index is 2.00. The minimum atomic E-state index is -0.791. The number of amides is 1. The van der Waals surface area contributed by atoms with E-state index < -0.39 is 6.10 Å². The third-order valence-corrected chi connectivity index (χ3v) is 5.31. The summed E-state index contributed by atoms with van der Waals surface area (Å²) in [6.07, 6.45) is 0.0391. The molecule has 20 heavy (non-hydrogen) atoms. The maximum Gasteiger partial charge on any atom is 0.251 e. The topological polar surface area (TPSA) is 49.3 Å². The molecule has 0 saturated carbocycles. The molecule has 3 nitrogen and oxygen atoms in total. The lowest BCUT2D eigenvalue weighted by Gasteiger charge is -2.18. The van der Waals surface area contributed by atoms with Gasteiger partial charge in [0.25, 0.3) is 5.91 Å². The van der Waals surface area contributed by atoms with Gasteiger partial charge in [-0.05, 0) is 41.5 Å². The van der Waals surface area contributed by atoms with E-state index in [1.165, 1.54) is 11.3 Å². The summed E-state index contributed by atoms with van der Waals surface area (Å²) in [6, 6.07) is 5.55. The second-order valence-corrected chi connectivity index (χ2v) is 6.21. The highest BCUT2D eigenvalue weighted by atomic mass is 35.5. The van der Waals surface area contributed by atoms with Gasteiger partial charge in [-0.1, -0.05) is 23.7 Å². The number of hydrogen-bond acceptors (Lipinski definition) is 3. The zero-order valence-corrected chi connectivity index (χ0v) is 12.5. The summed E-state index contributed by atoms with van der Waals surface area (Å²) in [4.78, 5) is 12.6. The van der Waals surface area contributed by atoms with E-state index in [2.05, 4.69) is 5.32 Å². The molecule has 1 aliphatic heterocycles. The first-order valence-corrected chi connectivity index (χ1v) is 7.66. The molecule has 1 aromatic carbocycles. The van der Waals surface area contributed by atoms with Crippen LogP contribution in [0.4, 0.5) is 0 Å². The lowest BCUT2D eigenvalue weighted by Crippen LogP contribution is -2.31. The monoisotopic (exact) mass is 307 g/mol. The van der Waals surface area contributed by atoms with Gasteiger partial charge in [-0.3, -0.25) is 4.79 Å². The van der Waals surface area contributed by atoms with E-state index in [-0.39, 0.29) is 5.91 Å². The summed E-state index contributed by atoms with van der Waals surface area (Å²) in [5.74, 6) is -0.0752. The summed E-state index contributed by atoms with van der Waals surface area (Å²) in [5.41, 5.74) is 3.33. The zero-order chi connectivity index (χ0) is 14.3. The van der Waals surface area contributed by atoms with Crippen LogP contribution in [0.25, 0.3) is 0 Å². The minimum absolute atomic E-state index is 0.0752. The van der Waals surface area contributed by atoms with Crippen molar-refractivity contribution in [2.24, 2.45) is 0 Å². The predicted octanol–water partition coefficient (Wildman–Crippen LogP) is 3.08. The number of thiophene rings is 1. The van der Waals surface area contributed by atoms with Gasteiger partial charge < -0.3 is 10.4 Å². The molecule has 2 aromatic rings. The first-order valence-electron chi connectivity index (χ1n) is 6.40. The SMILES string of the molecule is Cc1csc(C(O)c2ccc3c(c2)C(=O)NCC3)c1Cl. The molecule has 1 amide bonds. The van der Waals surface area contributed by atoms with Gasteiger partial charge in [-0.25, -0.2) is 0 Å². The molecule has 2 heterocycles. The van der Waals surface area contributed by atoms with Crippen LogP contribution in [0.5, 0.6) is 0 Å². The Bertz CT molecular complexity index is 681. The number of carbonyl (C=O) groups is 1. The number of aryl methyl sites for hydroxylation is 1. The molecule has 2 N–H and O–H groups in total. The van der Waals surface area contributed by atoms with Gasteiger partial charge in [-0.15, -0.1) is 11.3 Å². The van der Waals surface area contributed by atoms with Crippen LogP contribution in [0.15, 0.2) is 23.6 Å². The number of aliphatic hydroxyl groups is 1. The van der Waals surface area contributed by atoms with E-state index in [1.807, 2.05) is 24.4 Å². The van der Waals surface area contributed by atoms with Crippen LogP contribution in [0.1, 0.15) is 38.0 Å². The van der Waals surface area contributed by atoms with Gasteiger partial charge in [-0.2, -0.15) is 0 Å². The Hall–Kier alpha value is -1.36. The Morgan fingerprint density at radius 3 is 2.95 bits per heavy atom. The number of benzene rings is 1. The number of fused-ring (bicyclic) bond motifs is 1. The van der Waals surface area contributed by atoms with Crippen molar-refractivity contribution < 1.29 is 9.90 Å². The van der Waals surface area contributed by atoms with Gasteiger partial charge in [0, 0.05) is 12.1 Å². The van der Waals surface area contributed by atoms with E-state index in [0.29, 0.717) is 22.7 Å².